The van der Waals surface area contributed by atoms with Crippen molar-refractivity contribution in [1.82, 2.24) is 30.0 Å². The van der Waals surface area contributed by atoms with Crippen molar-refractivity contribution in [2.75, 3.05) is 31.1 Å². The molecule has 2 aromatic rings. The normalized spacial score (nSPS) is 25.5. The molecular formula is C20H29N7O. The number of carbonyl (C=O) groups is 1. The summed E-state index contributed by atoms with van der Waals surface area (Å²) in [5.41, 5.74) is 0.797. The molecule has 2 unspecified atom stereocenters. The van der Waals surface area contributed by atoms with Crippen LogP contribution in [0.5, 0.6) is 0 Å². The third kappa shape index (κ3) is 3.18. The van der Waals surface area contributed by atoms with Crippen molar-refractivity contribution in [1.29, 1.82) is 0 Å². The number of urea groups is 1. The molecule has 3 fully saturated rings. The first kappa shape index (κ1) is 17.7. The van der Waals surface area contributed by atoms with Gasteiger partial charge in [-0.3, -0.25) is 0 Å². The number of carbonyl (C=O) groups excluding carboxylic acids is 1. The van der Waals surface area contributed by atoms with Crippen LogP contribution in [0.3, 0.4) is 0 Å². The van der Waals surface area contributed by atoms with E-state index in [1.165, 1.54) is 19.3 Å². The lowest BCUT2D eigenvalue weighted by Crippen LogP contribution is -2.45. The van der Waals surface area contributed by atoms with Gasteiger partial charge in [-0.2, -0.15) is 4.52 Å². The number of nitrogens with one attached hydrogen (secondary N) is 1. The summed E-state index contributed by atoms with van der Waals surface area (Å²) in [4.78, 5) is 17.0. The van der Waals surface area contributed by atoms with Crippen LogP contribution in [0.2, 0.25) is 0 Å². The standard InChI is InChI=1S/C20H29N7O/c1-2-17-22-23-18-8-9-19(24-27(17)18)25-10-14-12-26(13-15(14)11-25)20(28)21-16-6-4-3-5-7-16/h8-9,14-16H,2-7,10-13H2,1H3,(H,21,28). The first-order valence-electron chi connectivity index (χ1n) is 10.7. The number of fused-ring (bicyclic) bond motifs is 2. The highest BCUT2D eigenvalue weighted by Gasteiger charge is 2.42. The topological polar surface area (TPSA) is 78.7 Å². The lowest BCUT2D eigenvalue weighted by molar-refractivity contribution is 0.197. The Morgan fingerprint density at radius 3 is 2.54 bits per heavy atom. The second kappa shape index (κ2) is 7.22. The number of aryl methyl sites for hydroxylation is 1. The number of amides is 2. The molecule has 0 spiro atoms. The quantitative estimate of drug-likeness (QED) is 0.878. The minimum Gasteiger partial charge on any atom is -0.354 e. The van der Waals surface area contributed by atoms with E-state index in [0.717, 1.165) is 62.7 Å². The third-order valence-electron chi connectivity index (χ3n) is 6.66. The van der Waals surface area contributed by atoms with Crippen molar-refractivity contribution >= 4 is 17.5 Å². The highest BCUT2D eigenvalue weighted by Crippen LogP contribution is 2.33. The van der Waals surface area contributed by atoms with Gasteiger partial charge in [-0.15, -0.1) is 15.3 Å². The maximum atomic E-state index is 12.7. The second-order valence-corrected chi connectivity index (χ2v) is 8.55. The average Bonchev–Trinajstić information content (AvgIpc) is 3.40. The van der Waals surface area contributed by atoms with E-state index in [0.29, 0.717) is 17.9 Å². The molecule has 28 heavy (non-hydrogen) atoms. The molecule has 0 radical (unpaired) electrons. The Bertz CT molecular complexity index is 845. The fourth-order valence-corrected chi connectivity index (χ4v) is 5.07. The van der Waals surface area contributed by atoms with Gasteiger partial charge in [-0.05, 0) is 25.0 Å². The van der Waals surface area contributed by atoms with Crippen molar-refractivity contribution < 1.29 is 4.79 Å². The molecule has 8 heteroatoms. The van der Waals surface area contributed by atoms with Gasteiger partial charge < -0.3 is 15.1 Å². The first-order chi connectivity index (χ1) is 13.7. The second-order valence-electron chi connectivity index (χ2n) is 8.55. The summed E-state index contributed by atoms with van der Waals surface area (Å²) in [5.74, 6) is 2.93. The minimum atomic E-state index is 0.143. The van der Waals surface area contributed by atoms with Crippen molar-refractivity contribution in [2.45, 2.75) is 51.5 Å². The smallest absolute Gasteiger partial charge is 0.317 e. The minimum absolute atomic E-state index is 0.143. The Morgan fingerprint density at radius 1 is 1.07 bits per heavy atom. The number of hydrogen-bond donors (Lipinski definition) is 1. The SMILES string of the molecule is CCc1nnc2ccc(N3CC4CN(C(=O)NC5CCCCC5)CC4C3)nn12. The van der Waals surface area contributed by atoms with E-state index < -0.39 is 0 Å². The van der Waals surface area contributed by atoms with Gasteiger partial charge >= 0.3 is 6.03 Å². The van der Waals surface area contributed by atoms with Crippen LogP contribution in [0.4, 0.5) is 10.6 Å². The summed E-state index contributed by atoms with van der Waals surface area (Å²) >= 11 is 0. The van der Waals surface area contributed by atoms with Gasteiger partial charge in [0.2, 0.25) is 0 Å². The van der Waals surface area contributed by atoms with E-state index >= 15 is 0 Å². The van der Waals surface area contributed by atoms with Gasteiger partial charge in [0.1, 0.15) is 5.82 Å². The predicted octanol–water partition coefficient (Wildman–Crippen LogP) is 2.10. The van der Waals surface area contributed by atoms with Crippen LogP contribution < -0.4 is 10.2 Å². The van der Waals surface area contributed by atoms with Crippen molar-refractivity contribution in [3.8, 4) is 0 Å². The van der Waals surface area contributed by atoms with E-state index in [1.54, 1.807) is 0 Å². The summed E-state index contributed by atoms with van der Waals surface area (Å²) < 4.78 is 1.85. The van der Waals surface area contributed by atoms with Gasteiger partial charge in [0.05, 0.1) is 0 Å². The average molecular weight is 384 g/mol. The zero-order valence-corrected chi connectivity index (χ0v) is 16.5. The molecular weight excluding hydrogens is 354 g/mol. The maximum Gasteiger partial charge on any atom is 0.317 e. The lowest BCUT2D eigenvalue weighted by atomic mass is 9.96. The predicted molar refractivity (Wildman–Crippen MR) is 106 cm³/mol. The van der Waals surface area contributed by atoms with Gasteiger partial charge in [0.15, 0.2) is 11.5 Å². The molecule has 2 aromatic heterocycles. The summed E-state index contributed by atoms with van der Waals surface area (Å²) in [6.45, 7) is 5.70. The Hall–Kier alpha value is -2.38. The maximum absolute atomic E-state index is 12.7. The van der Waals surface area contributed by atoms with E-state index in [2.05, 4.69) is 27.3 Å². The van der Waals surface area contributed by atoms with E-state index in [-0.39, 0.29) is 6.03 Å². The zero-order chi connectivity index (χ0) is 19.1. The molecule has 0 aromatic carbocycles. The molecule has 1 aliphatic carbocycles. The molecule has 0 bridgehead atoms. The fraction of sp³-hybridized carbons (Fsp3) is 0.700. The molecule has 2 amide bonds. The van der Waals surface area contributed by atoms with Gasteiger partial charge in [0.25, 0.3) is 0 Å². The zero-order valence-electron chi connectivity index (χ0n) is 16.5. The molecule has 8 nitrogen and oxygen atoms in total. The highest BCUT2D eigenvalue weighted by atomic mass is 16.2. The molecule has 1 saturated carbocycles. The summed E-state index contributed by atoms with van der Waals surface area (Å²) in [7, 11) is 0. The van der Waals surface area contributed by atoms with Gasteiger partial charge in [-0.25, -0.2) is 4.79 Å². The van der Waals surface area contributed by atoms with E-state index in [4.69, 9.17) is 5.10 Å². The Morgan fingerprint density at radius 2 is 1.82 bits per heavy atom. The first-order valence-corrected chi connectivity index (χ1v) is 10.7. The van der Waals surface area contributed by atoms with Crippen molar-refractivity contribution in [3.05, 3.63) is 18.0 Å². The Balaban J connectivity index is 1.21. The van der Waals surface area contributed by atoms with Gasteiger partial charge in [-0.1, -0.05) is 26.2 Å². The van der Waals surface area contributed by atoms with Crippen LogP contribution in [0.25, 0.3) is 5.65 Å². The number of anilines is 1. The fourth-order valence-electron chi connectivity index (χ4n) is 5.07. The molecule has 5 rings (SSSR count). The molecule has 2 aliphatic heterocycles. The number of aromatic nitrogens is 4. The highest BCUT2D eigenvalue weighted by molar-refractivity contribution is 5.75. The van der Waals surface area contributed by atoms with Crippen LogP contribution in [0.15, 0.2) is 12.1 Å². The van der Waals surface area contributed by atoms with Crippen molar-refractivity contribution in [3.63, 3.8) is 0 Å². The number of rotatable bonds is 3. The number of hydrogen-bond acceptors (Lipinski definition) is 5. The number of likely N-dealkylation sites (tertiary alicyclic amines) is 1. The summed E-state index contributed by atoms with van der Waals surface area (Å²) in [6, 6.07) is 4.56. The largest absolute Gasteiger partial charge is 0.354 e. The van der Waals surface area contributed by atoms with Crippen LogP contribution in [-0.2, 0) is 6.42 Å². The van der Waals surface area contributed by atoms with Crippen LogP contribution >= 0.6 is 0 Å². The summed E-state index contributed by atoms with van der Waals surface area (Å²) in [5, 5.41) is 16.4. The monoisotopic (exact) mass is 383 g/mol. The molecule has 3 aliphatic rings. The Kier molecular flexibility index (Phi) is 4.56. The van der Waals surface area contributed by atoms with Gasteiger partial charge in [0, 0.05) is 50.5 Å². The van der Waals surface area contributed by atoms with Crippen molar-refractivity contribution in [2.24, 2.45) is 11.8 Å². The van der Waals surface area contributed by atoms with Crippen LogP contribution in [0, 0.1) is 11.8 Å². The molecule has 1 N–H and O–H groups in total. The molecule has 2 atom stereocenters. The lowest BCUT2D eigenvalue weighted by Gasteiger charge is -2.27. The Labute approximate surface area is 165 Å². The number of nitrogens with zero attached hydrogens (tertiary/aromatic N) is 6. The van der Waals surface area contributed by atoms with Crippen LogP contribution in [-0.4, -0.2) is 63.0 Å². The third-order valence-corrected chi connectivity index (χ3v) is 6.66. The molecule has 150 valence electrons. The van der Waals surface area contributed by atoms with E-state index in [9.17, 15) is 4.79 Å². The van der Waals surface area contributed by atoms with E-state index in [1.807, 2.05) is 21.5 Å². The molecule has 2 saturated heterocycles. The molecule has 4 heterocycles. The van der Waals surface area contributed by atoms with Crippen LogP contribution in [0.1, 0.15) is 44.9 Å². The summed E-state index contributed by atoms with van der Waals surface area (Å²) in [6.07, 6.45) is 6.89.